The first-order valence-electron chi connectivity index (χ1n) is 5.30. The van der Waals surface area contributed by atoms with Gasteiger partial charge in [0.05, 0.1) is 10.1 Å². The third kappa shape index (κ3) is 3.54. The number of hydrogen-bond acceptors (Lipinski definition) is 2. The van der Waals surface area contributed by atoms with Crippen molar-refractivity contribution < 1.29 is 9.50 Å². The fourth-order valence-electron chi connectivity index (χ4n) is 1.75. The van der Waals surface area contributed by atoms with Gasteiger partial charge in [0, 0.05) is 24.8 Å². The first-order chi connectivity index (χ1) is 7.76. The molecule has 0 amide bonds. The monoisotopic (exact) mass is 301 g/mol. The van der Waals surface area contributed by atoms with Crippen LogP contribution >= 0.6 is 15.9 Å². The zero-order chi connectivity index (χ0) is 13.2. The van der Waals surface area contributed by atoms with Gasteiger partial charge >= 0.3 is 0 Å². The molecule has 0 fully saturated rings. The molecule has 1 aromatic carbocycles. The summed E-state index contributed by atoms with van der Waals surface area (Å²) in [5, 5.41) is 9.77. The summed E-state index contributed by atoms with van der Waals surface area (Å²) in [5.41, 5.74) is 0.311. The number of halogens is 2. The number of likely N-dealkylation sites (N-methyl/N-ethyl adjacent to an activating group) is 1. The molecule has 17 heavy (non-hydrogen) atoms. The van der Waals surface area contributed by atoms with E-state index in [2.05, 4.69) is 22.5 Å². The van der Waals surface area contributed by atoms with E-state index >= 15 is 0 Å². The Morgan fingerprint density at radius 1 is 1.53 bits per heavy atom. The third-order valence-electron chi connectivity index (χ3n) is 2.35. The first kappa shape index (κ1) is 14.2. The third-order valence-corrected chi connectivity index (χ3v) is 2.96. The number of aliphatic hydroxyl groups is 1. The summed E-state index contributed by atoms with van der Waals surface area (Å²) in [4.78, 5) is 1.81. The molecule has 0 saturated heterocycles. The predicted molar refractivity (Wildman–Crippen MR) is 73.8 cm³/mol. The fourth-order valence-corrected chi connectivity index (χ4v) is 2.09. The Kier molecular flexibility index (Phi) is 4.33. The van der Waals surface area contributed by atoms with Crippen LogP contribution in [-0.4, -0.2) is 24.3 Å². The van der Waals surface area contributed by atoms with Crippen LogP contribution in [0.3, 0.4) is 0 Å². The summed E-state index contributed by atoms with van der Waals surface area (Å²) in [6.45, 7) is 7.46. The molecule has 1 aromatic rings. The molecular weight excluding hydrogens is 285 g/mol. The van der Waals surface area contributed by atoms with E-state index in [0.717, 1.165) is 0 Å². The molecule has 2 nitrogen and oxygen atoms in total. The van der Waals surface area contributed by atoms with Crippen LogP contribution in [0.5, 0.6) is 0 Å². The Bertz CT molecular complexity index is 426. The lowest BCUT2D eigenvalue weighted by molar-refractivity contribution is 0.0886. The summed E-state index contributed by atoms with van der Waals surface area (Å²) in [6.07, 6.45) is 1.48. The Balaban J connectivity index is 3.14. The minimum absolute atomic E-state index is 0.333. The molecule has 0 aliphatic rings. The van der Waals surface area contributed by atoms with Crippen LogP contribution in [0.15, 0.2) is 23.2 Å². The molecule has 0 aromatic heterocycles. The Hall–Kier alpha value is -0.870. The number of hydrogen-bond donors (Lipinski definition) is 1. The molecule has 0 heterocycles. The topological polar surface area (TPSA) is 23.5 Å². The second-order valence-corrected chi connectivity index (χ2v) is 5.52. The van der Waals surface area contributed by atoms with Crippen molar-refractivity contribution in [2.24, 2.45) is 0 Å². The molecule has 0 spiro atoms. The average Bonchev–Trinajstić information content (AvgIpc) is 2.19. The van der Waals surface area contributed by atoms with Crippen molar-refractivity contribution in [3.05, 3.63) is 34.6 Å². The van der Waals surface area contributed by atoms with Gasteiger partial charge in [-0.1, -0.05) is 12.7 Å². The Labute approximate surface area is 110 Å². The van der Waals surface area contributed by atoms with Crippen LogP contribution in [0.25, 0.3) is 6.08 Å². The van der Waals surface area contributed by atoms with E-state index in [0.29, 0.717) is 22.3 Å². The zero-order valence-corrected chi connectivity index (χ0v) is 11.9. The first-order valence-corrected chi connectivity index (χ1v) is 6.09. The molecule has 0 saturated carbocycles. The molecule has 0 radical (unpaired) electrons. The molecule has 1 N–H and O–H groups in total. The highest BCUT2D eigenvalue weighted by atomic mass is 79.9. The van der Waals surface area contributed by atoms with E-state index in [4.69, 9.17) is 0 Å². The largest absolute Gasteiger partial charge is 0.389 e. The number of benzene rings is 1. The van der Waals surface area contributed by atoms with Gasteiger partial charge in [-0.3, -0.25) is 0 Å². The summed E-state index contributed by atoms with van der Waals surface area (Å²) in [7, 11) is 1.81. The van der Waals surface area contributed by atoms with Crippen molar-refractivity contribution in [3.63, 3.8) is 0 Å². The van der Waals surface area contributed by atoms with Crippen molar-refractivity contribution >= 4 is 27.7 Å². The quantitative estimate of drug-likeness (QED) is 0.921. The minimum atomic E-state index is -0.837. The van der Waals surface area contributed by atoms with Crippen molar-refractivity contribution in [2.45, 2.75) is 19.4 Å². The van der Waals surface area contributed by atoms with Crippen LogP contribution in [0.4, 0.5) is 10.1 Å². The van der Waals surface area contributed by atoms with E-state index in [9.17, 15) is 9.50 Å². The van der Waals surface area contributed by atoms with E-state index in [-0.39, 0.29) is 5.82 Å². The number of anilines is 1. The maximum Gasteiger partial charge on any atom is 0.146 e. The molecule has 0 atom stereocenters. The van der Waals surface area contributed by atoms with Crippen LogP contribution in [0, 0.1) is 5.82 Å². The molecule has 4 heteroatoms. The average molecular weight is 302 g/mol. The van der Waals surface area contributed by atoms with Gasteiger partial charge in [0.25, 0.3) is 0 Å². The van der Waals surface area contributed by atoms with E-state index in [1.807, 2.05) is 11.9 Å². The van der Waals surface area contributed by atoms with Gasteiger partial charge < -0.3 is 10.0 Å². The number of nitrogens with zero attached hydrogens (tertiary/aromatic N) is 1. The molecule has 1 rings (SSSR count). The molecule has 94 valence electrons. The summed E-state index contributed by atoms with van der Waals surface area (Å²) >= 11 is 3.14. The maximum atomic E-state index is 13.8. The standard InChI is InChI=1S/C13H17BrFNO/c1-5-9-11(7-6-10(14)12(9)15)16(4)8-13(2,3)17/h5-7,17H,1,8H2,2-4H3. The highest BCUT2D eigenvalue weighted by Gasteiger charge is 2.19. The minimum Gasteiger partial charge on any atom is -0.389 e. The summed E-state index contributed by atoms with van der Waals surface area (Å²) in [6, 6.07) is 3.45. The molecule has 0 bridgehead atoms. The lowest BCUT2D eigenvalue weighted by atomic mass is 10.1. The van der Waals surface area contributed by atoms with Crippen LogP contribution in [0.2, 0.25) is 0 Å². The van der Waals surface area contributed by atoms with E-state index in [1.165, 1.54) is 6.08 Å². The van der Waals surface area contributed by atoms with Crippen molar-refractivity contribution in [3.8, 4) is 0 Å². The summed E-state index contributed by atoms with van der Waals surface area (Å²) in [5.74, 6) is -0.333. The highest BCUT2D eigenvalue weighted by molar-refractivity contribution is 9.10. The van der Waals surface area contributed by atoms with Gasteiger partial charge in [0.15, 0.2) is 0 Å². The van der Waals surface area contributed by atoms with Crippen LogP contribution in [0.1, 0.15) is 19.4 Å². The van der Waals surface area contributed by atoms with Crippen molar-refractivity contribution in [1.29, 1.82) is 0 Å². The van der Waals surface area contributed by atoms with Crippen LogP contribution < -0.4 is 4.90 Å². The zero-order valence-electron chi connectivity index (χ0n) is 10.3. The smallest absolute Gasteiger partial charge is 0.146 e. The highest BCUT2D eigenvalue weighted by Crippen LogP contribution is 2.29. The Morgan fingerprint density at radius 3 is 2.59 bits per heavy atom. The normalized spacial score (nSPS) is 11.4. The van der Waals surface area contributed by atoms with Crippen molar-refractivity contribution in [2.75, 3.05) is 18.5 Å². The van der Waals surface area contributed by atoms with Gasteiger partial charge in [-0.15, -0.1) is 0 Å². The van der Waals surface area contributed by atoms with E-state index in [1.54, 1.807) is 26.0 Å². The SMILES string of the molecule is C=Cc1c(N(C)CC(C)(C)O)ccc(Br)c1F. The second-order valence-electron chi connectivity index (χ2n) is 4.67. The summed E-state index contributed by atoms with van der Waals surface area (Å²) < 4.78 is 14.3. The Morgan fingerprint density at radius 2 is 2.12 bits per heavy atom. The molecular formula is C13H17BrFNO. The van der Waals surface area contributed by atoms with Gasteiger partial charge in [0.2, 0.25) is 0 Å². The van der Waals surface area contributed by atoms with Crippen LogP contribution in [-0.2, 0) is 0 Å². The lowest BCUT2D eigenvalue weighted by Crippen LogP contribution is -2.36. The van der Waals surface area contributed by atoms with Gasteiger partial charge in [-0.05, 0) is 41.9 Å². The van der Waals surface area contributed by atoms with Gasteiger partial charge in [-0.25, -0.2) is 4.39 Å². The number of rotatable bonds is 4. The molecule has 0 aliphatic heterocycles. The second kappa shape index (κ2) is 5.19. The van der Waals surface area contributed by atoms with Gasteiger partial charge in [0.1, 0.15) is 5.82 Å². The maximum absolute atomic E-state index is 13.8. The molecule has 0 unspecified atom stereocenters. The van der Waals surface area contributed by atoms with Gasteiger partial charge in [-0.2, -0.15) is 0 Å². The lowest BCUT2D eigenvalue weighted by Gasteiger charge is -2.28. The predicted octanol–water partition coefficient (Wildman–Crippen LogP) is 3.44. The van der Waals surface area contributed by atoms with E-state index < -0.39 is 5.60 Å². The fraction of sp³-hybridized carbons (Fsp3) is 0.385. The van der Waals surface area contributed by atoms with Crippen molar-refractivity contribution in [1.82, 2.24) is 0 Å². The molecule has 0 aliphatic carbocycles.